The Bertz CT molecular complexity index is 619. The highest BCUT2D eigenvalue weighted by Crippen LogP contribution is 2.29. The van der Waals surface area contributed by atoms with Gasteiger partial charge in [-0.05, 0) is 48.9 Å². The van der Waals surface area contributed by atoms with Crippen LogP contribution in [0.1, 0.15) is 34.3 Å². The Hall–Kier alpha value is -1.41. The van der Waals surface area contributed by atoms with Crippen LogP contribution in [0.4, 0.5) is 0 Å². The molecule has 0 aliphatic heterocycles. The van der Waals surface area contributed by atoms with E-state index in [4.69, 9.17) is 0 Å². The number of fused-ring (bicyclic) bond motifs is 1. The van der Waals surface area contributed by atoms with Gasteiger partial charge in [-0.3, -0.25) is 4.79 Å². The molecule has 1 aliphatic carbocycles. The highest BCUT2D eigenvalue weighted by atomic mass is 79.9. The summed E-state index contributed by atoms with van der Waals surface area (Å²) in [5.41, 5.74) is 3.37. The van der Waals surface area contributed by atoms with Gasteiger partial charge in [-0.1, -0.05) is 52.3 Å². The molecular formula is C18H17BrO. The van der Waals surface area contributed by atoms with Gasteiger partial charge >= 0.3 is 0 Å². The maximum absolute atomic E-state index is 12.7. The SMILES string of the molecule is O=C1c2ccc(Br)cc2CCCC1Cc1ccccc1. The lowest BCUT2D eigenvalue weighted by atomic mass is 9.89. The van der Waals surface area contributed by atoms with E-state index in [0.717, 1.165) is 35.7 Å². The molecule has 0 saturated heterocycles. The van der Waals surface area contributed by atoms with Gasteiger partial charge in [0.2, 0.25) is 0 Å². The van der Waals surface area contributed by atoms with Crippen LogP contribution in [-0.2, 0) is 12.8 Å². The van der Waals surface area contributed by atoms with Crippen LogP contribution in [0.5, 0.6) is 0 Å². The number of carbonyl (C=O) groups is 1. The van der Waals surface area contributed by atoms with Gasteiger partial charge in [-0.2, -0.15) is 0 Å². The average Bonchev–Trinajstić information content (AvgIpc) is 2.60. The van der Waals surface area contributed by atoms with Gasteiger partial charge in [0.1, 0.15) is 0 Å². The molecular weight excluding hydrogens is 312 g/mol. The fourth-order valence-electron chi connectivity index (χ4n) is 2.99. The standard InChI is InChI=1S/C18H17BrO/c19-16-9-10-17-14(12-16)7-4-8-15(18(17)20)11-13-5-2-1-3-6-13/h1-3,5-6,9-10,12,15H,4,7-8,11H2. The Morgan fingerprint density at radius 1 is 1.10 bits per heavy atom. The summed E-state index contributed by atoms with van der Waals surface area (Å²) in [5.74, 6) is 0.439. The first kappa shape index (κ1) is 13.6. The largest absolute Gasteiger partial charge is 0.294 e. The van der Waals surface area contributed by atoms with Crippen molar-refractivity contribution in [2.45, 2.75) is 25.7 Å². The lowest BCUT2D eigenvalue weighted by molar-refractivity contribution is 0.0915. The van der Waals surface area contributed by atoms with E-state index in [-0.39, 0.29) is 5.92 Å². The Morgan fingerprint density at radius 2 is 1.90 bits per heavy atom. The number of Topliss-reactive ketones (excluding diaryl/α,β-unsaturated/α-hetero) is 1. The maximum atomic E-state index is 12.7. The highest BCUT2D eigenvalue weighted by Gasteiger charge is 2.25. The third-order valence-electron chi connectivity index (χ3n) is 4.03. The van der Waals surface area contributed by atoms with E-state index in [2.05, 4.69) is 34.1 Å². The summed E-state index contributed by atoms with van der Waals surface area (Å²) in [6.45, 7) is 0. The van der Waals surface area contributed by atoms with E-state index in [0.29, 0.717) is 5.78 Å². The van der Waals surface area contributed by atoms with E-state index < -0.39 is 0 Å². The van der Waals surface area contributed by atoms with Crippen LogP contribution in [-0.4, -0.2) is 5.78 Å². The van der Waals surface area contributed by atoms with Crippen LogP contribution in [0.25, 0.3) is 0 Å². The van der Waals surface area contributed by atoms with E-state index in [9.17, 15) is 4.79 Å². The fraction of sp³-hybridized carbons (Fsp3) is 0.278. The van der Waals surface area contributed by atoms with Gasteiger partial charge in [-0.15, -0.1) is 0 Å². The molecule has 0 N–H and O–H groups in total. The maximum Gasteiger partial charge on any atom is 0.166 e. The topological polar surface area (TPSA) is 17.1 Å². The molecule has 0 heterocycles. The molecule has 1 unspecified atom stereocenters. The summed E-state index contributed by atoms with van der Waals surface area (Å²) in [6.07, 6.45) is 3.94. The number of hydrogen-bond donors (Lipinski definition) is 0. The average molecular weight is 329 g/mol. The monoisotopic (exact) mass is 328 g/mol. The van der Waals surface area contributed by atoms with E-state index in [1.165, 1.54) is 11.1 Å². The quantitative estimate of drug-likeness (QED) is 0.722. The predicted molar refractivity (Wildman–Crippen MR) is 85.0 cm³/mol. The van der Waals surface area contributed by atoms with Crippen molar-refractivity contribution < 1.29 is 4.79 Å². The van der Waals surface area contributed by atoms with Crippen molar-refractivity contribution in [3.63, 3.8) is 0 Å². The van der Waals surface area contributed by atoms with Crippen LogP contribution >= 0.6 is 15.9 Å². The molecule has 2 aromatic rings. The minimum atomic E-state index is 0.125. The molecule has 0 saturated carbocycles. The summed E-state index contributed by atoms with van der Waals surface area (Å²) >= 11 is 3.49. The first-order chi connectivity index (χ1) is 9.74. The van der Waals surface area contributed by atoms with Gasteiger partial charge < -0.3 is 0 Å². The van der Waals surface area contributed by atoms with Crippen LogP contribution in [0.2, 0.25) is 0 Å². The van der Waals surface area contributed by atoms with Crippen molar-refractivity contribution >= 4 is 21.7 Å². The molecule has 0 spiro atoms. The van der Waals surface area contributed by atoms with Gasteiger partial charge in [0.25, 0.3) is 0 Å². The van der Waals surface area contributed by atoms with Crippen LogP contribution < -0.4 is 0 Å². The zero-order chi connectivity index (χ0) is 13.9. The summed E-state index contributed by atoms with van der Waals surface area (Å²) in [6, 6.07) is 16.4. The molecule has 3 rings (SSSR count). The van der Waals surface area contributed by atoms with Gasteiger partial charge in [0.05, 0.1) is 0 Å². The number of aryl methyl sites for hydroxylation is 1. The van der Waals surface area contributed by atoms with Crippen molar-refractivity contribution in [3.05, 3.63) is 69.7 Å². The molecule has 20 heavy (non-hydrogen) atoms. The highest BCUT2D eigenvalue weighted by molar-refractivity contribution is 9.10. The summed E-state index contributed by atoms with van der Waals surface area (Å²) < 4.78 is 1.06. The molecule has 1 nitrogen and oxygen atoms in total. The number of hydrogen-bond acceptors (Lipinski definition) is 1. The van der Waals surface area contributed by atoms with Crippen LogP contribution in [0.3, 0.4) is 0 Å². The Kier molecular flexibility index (Phi) is 4.02. The zero-order valence-electron chi connectivity index (χ0n) is 11.3. The van der Waals surface area contributed by atoms with E-state index >= 15 is 0 Å². The normalized spacial score (nSPS) is 18.4. The molecule has 2 heteroatoms. The molecule has 1 atom stereocenters. The number of benzene rings is 2. The van der Waals surface area contributed by atoms with Crippen molar-refractivity contribution in [3.8, 4) is 0 Å². The number of carbonyl (C=O) groups excluding carboxylic acids is 1. The molecule has 102 valence electrons. The first-order valence-electron chi connectivity index (χ1n) is 7.10. The number of halogens is 1. The third-order valence-corrected chi connectivity index (χ3v) is 4.52. The van der Waals surface area contributed by atoms with Gasteiger partial charge in [0.15, 0.2) is 5.78 Å². The molecule has 0 radical (unpaired) electrons. The van der Waals surface area contributed by atoms with Crippen molar-refractivity contribution in [2.75, 3.05) is 0 Å². The number of ketones is 1. The third kappa shape index (κ3) is 2.85. The lowest BCUT2D eigenvalue weighted by Crippen LogP contribution is -2.16. The predicted octanol–water partition coefficient (Wildman–Crippen LogP) is 4.83. The second kappa shape index (κ2) is 5.92. The summed E-state index contributed by atoms with van der Waals surface area (Å²) in [5, 5.41) is 0. The molecule has 0 amide bonds. The molecule has 0 fully saturated rings. The molecule has 0 bridgehead atoms. The second-order valence-corrected chi connectivity index (χ2v) is 6.36. The summed E-state index contributed by atoms with van der Waals surface area (Å²) in [7, 11) is 0. The molecule has 2 aromatic carbocycles. The number of rotatable bonds is 2. The van der Waals surface area contributed by atoms with E-state index in [1.54, 1.807) is 0 Å². The Balaban J connectivity index is 1.87. The van der Waals surface area contributed by atoms with Gasteiger partial charge in [0, 0.05) is 16.0 Å². The molecule has 1 aliphatic rings. The molecule has 0 aromatic heterocycles. The minimum absolute atomic E-state index is 0.125. The van der Waals surface area contributed by atoms with E-state index in [1.807, 2.05) is 30.3 Å². The van der Waals surface area contributed by atoms with Crippen LogP contribution in [0, 0.1) is 5.92 Å². The second-order valence-electron chi connectivity index (χ2n) is 5.44. The zero-order valence-corrected chi connectivity index (χ0v) is 12.9. The fourth-order valence-corrected chi connectivity index (χ4v) is 3.40. The van der Waals surface area contributed by atoms with Crippen molar-refractivity contribution in [2.24, 2.45) is 5.92 Å². The smallest absolute Gasteiger partial charge is 0.166 e. The van der Waals surface area contributed by atoms with Crippen LogP contribution in [0.15, 0.2) is 53.0 Å². The summed E-state index contributed by atoms with van der Waals surface area (Å²) in [4.78, 5) is 12.7. The Morgan fingerprint density at radius 3 is 2.70 bits per heavy atom. The van der Waals surface area contributed by atoms with Crippen molar-refractivity contribution in [1.82, 2.24) is 0 Å². The first-order valence-corrected chi connectivity index (χ1v) is 7.90. The van der Waals surface area contributed by atoms with Gasteiger partial charge in [-0.25, -0.2) is 0 Å². The minimum Gasteiger partial charge on any atom is -0.294 e. The Labute approximate surface area is 128 Å². The lowest BCUT2D eigenvalue weighted by Gasteiger charge is -2.13. The van der Waals surface area contributed by atoms with Crippen molar-refractivity contribution in [1.29, 1.82) is 0 Å².